The Morgan fingerprint density at radius 1 is 1.12 bits per heavy atom. The van der Waals surface area contributed by atoms with Crippen molar-refractivity contribution in [3.8, 4) is 0 Å². The number of rotatable bonds is 1. The summed E-state index contributed by atoms with van der Waals surface area (Å²) in [5.41, 5.74) is 2.73. The summed E-state index contributed by atoms with van der Waals surface area (Å²) < 4.78 is 0. The van der Waals surface area contributed by atoms with Gasteiger partial charge in [0, 0.05) is 5.56 Å². The lowest BCUT2D eigenvalue weighted by molar-refractivity contribution is -0.0859. The minimum absolute atomic E-state index is 0.0665. The van der Waals surface area contributed by atoms with Gasteiger partial charge in [-0.15, -0.1) is 0 Å². The molecule has 5 rings (SSSR count). The van der Waals surface area contributed by atoms with Crippen LogP contribution in [0, 0.1) is 0 Å². The van der Waals surface area contributed by atoms with E-state index in [0.29, 0.717) is 0 Å². The third-order valence-electron chi connectivity index (χ3n) is 5.65. The van der Waals surface area contributed by atoms with E-state index >= 15 is 0 Å². The first-order chi connectivity index (χ1) is 11.7. The molecule has 0 saturated carbocycles. The molecule has 4 heteroatoms. The van der Waals surface area contributed by atoms with Crippen molar-refractivity contribution in [3.63, 3.8) is 0 Å². The maximum Gasteiger partial charge on any atom is 0.178 e. The van der Waals surface area contributed by atoms with E-state index in [-0.39, 0.29) is 17.3 Å². The molecule has 1 saturated heterocycles. The van der Waals surface area contributed by atoms with Crippen LogP contribution in [0.1, 0.15) is 36.1 Å². The highest BCUT2D eigenvalue weighted by molar-refractivity contribution is 8.14. The first-order valence-electron chi connectivity index (χ1n) is 8.59. The molecule has 2 aromatic rings. The quantitative estimate of drug-likeness (QED) is 0.863. The number of aliphatic hydroxyl groups is 1. The summed E-state index contributed by atoms with van der Waals surface area (Å²) in [6, 6.07) is 19.1. The highest BCUT2D eigenvalue weighted by Gasteiger charge is 2.57. The third kappa shape index (κ3) is 1.81. The first-order valence-corrected chi connectivity index (χ1v) is 9.47. The summed E-state index contributed by atoms with van der Waals surface area (Å²) in [6.45, 7) is 2.10. The lowest BCUT2D eigenvalue weighted by Gasteiger charge is -2.42. The van der Waals surface area contributed by atoms with Gasteiger partial charge in [0.1, 0.15) is 0 Å². The number of benzene rings is 2. The van der Waals surface area contributed by atoms with Crippen LogP contribution in [0.15, 0.2) is 59.6 Å². The Hall–Kier alpha value is -1.78. The summed E-state index contributed by atoms with van der Waals surface area (Å²) >= 11 is 1.70. The number of thioether (sulfide) groups is 1. The van der Waals surface area contributed by atoms with Crippen molar-refractivity contribution in [2.24, 2.45) is 4.99 Å². The zero-order valence-electron chi connectivity index (χ0n) is 13.6. The summed E-state index contributed by atoms with van der Waals surface area (Å²) in [6.07, 6.45) is 2.09. The molecule has 2 aromatic carbocycles. The average molecular weight is 336 g/mol. The largest absolute Gasteiger partial charge is 0.366 e. The van der Waals surface area contributed by atoms with Crippen LogP contribution in [0.5, 0.6) is 0 Å². The van der Waals surface area contributed by atoms with E-state index in [0.717, 1.165) is 23.6 Å². The van der Waals surface area contributed by atoms with E-state index in [2.05, 4.69) is 36.1 Å². The fourth-order valence-corrected chi connectivity index (χ4v) is 5.74. The van der Waals surface area contributed by atoms with Gasteiger partial charge in [-0.2, -0.15) is 0 Å². The van der Waals surface area contributed by atoms with E-state index in [1.165, 1.54) is 11.1 Å². The lowest BCUT2D eigenvalue weighted by Crippen LogP contribution is -2.52. The summed E-state index contributed by atoms with van der Waals surface area (Å²) in [4.78, 5) is 7.24. The molecule has 3 nitrogen and oxygen atoms in total. The zero-order valence-corrected chi connectivity index (χ0v) is 14.4. The molecule has 0 amide bonds. The number of hydrogen-bond donors (Lipinski definition) is 1. The molecule has 0 aromatic heterocycles. The molecule has 0 unspecified atom stereocenters. The monoisotopic (exact) mass is 336 g/mol. The smallest absolute Gasteiger partial charge is 0.178 e. The van der Waals surface area contributed by atoms with Gasteiger partial charge < -0.3 is 10.0 Å². The Kier molecular flexibility index (Phi) is 3.10. The minimum Gasteiger partial charge on any atom is -0.366 e. The summed E-state index contributed by atoms with van der Waals surface area (Å²) in [7, 11) is 0. The van der Waals surface area contributed by atoms with Crippen LogP contribution in [-0.2, 0) is 12.1 Å². The molecule has 3 aliphatic rings. The molecule has 2 aliphatic heterocycles. The van der Waals surface area contributed by atoms with Crippen molar-refractivity contribution >= 4 is 16.9 Å². The summed E-state index contributed by atoms with van der Waals surface area (Å²) in [5.74, 6) is 0. The standard InChI is InChI=1S/C20H20N2OS/c1-13-20(23,15-8-3-2-4-9-15)22-17-12-11-14-7-5-6-10-16(14)18(17)21-19(22)24-13/h2-10,13,17-18,23H,11-12H2,1H3/t13-,17+,18+,20-/m1/s1. The molecule has 24 heavy (non-hydrogen) atoms. The molecular formula is C20H20N2OS. The fraction of sp³-hybridized carbons (Fsp3) is 0.350. The topological polar surface area (TPSA) is 35.8 Å². The molecule has 4 atom stereocenters. The number of hydrogen-bond acceptors (Lipinski definition) is 4. The third-order valence-corrected chi connectivity index (χ3v) is 6.85. The first kappa shape index (κ1) is 14.6. The molecule has 0 radical (unpaired) electrons. The highest BCUT2D eigenvalue weighted by Crippen LogP contribution is 2.54. The van der Waals surface area contributed by atoms with Gasteiger partial charge in [-0.05, 0) is 30.9 Å². The molecular weight excluding hydrogens is 316 g/mol. The minimum atomic E-state index is -0.976. The molecule has 1 fully saturated rings. The van der Waals surface area contributed by atoms with E-state index in [4.69, 9.17) is 4.99 Å². The second-order valence-corrected chi connectivity index (χ2v) is 8.19. The van der Waals surface area contributed by atoms with Gasteiger partial charge in [0.05, 0.1) is 17.3 Å². The number of nitrogens with zero attached hydrogens (tertiary/aromatic N) is 2. The van der Waals surface area contributed by atoms with Gasteiger partial charge in [-0.25, -0.2) is 0 Å². The van der Waals surface area contributed by atoms with E-state index in [1.807, 2.05) is 30.3 Å². The summed E-state index contributed by atoms with van der Waals surface area (Å²) in [5, 5.41) is 12.8. The van der Waals surface area contributed by atoms with E-state index in [9.17, 15) is 5.11 Å². The van der Waals surface area contributed by atoms with Crippen molar-refractivity contribution < 1.29 is 5.11 Å². The van der Waals surface area contributed by atoms with Gasteiger partial charge in [0.2, 0.25) is 0 Å². The van der Waals surface area contributed by atoms with Crippen molar-refractivity contribution in [2.75, 3.05) is 0 Å². The van der Waals surface area contributed by atoms with Gasteiger partial charge in [0.15, 0.2) is 10.9 Å². The Morgan fingerprint density at radius 2 is 1.88 bits per heavy atom. The van der Waals surface area contributed by atoms with Gasteiger partial charge in [-0.3, -0.25) is 4.99 Å². The van der Waals surface area contributed by atoms with Gasteiger partial charge >= 0.3 is 0 Å². The van der Waals surface area contributed by atoms with Crippen LogP contribution in [0.3, 0.4) is 0 Å². The average Bonchev–Trinajstić information content (AvgIpc) is 3.11. The van der Waals surface area contributed by atoms with Crippen LogP contribution < -0.4 is 0 Å². The number of aryl methyl sites for hydroxylation is 1. The van der Waals surface area contributed by atoms with E-state index < -0.39 is 5.72 Å². The van der Waals surface area contributed by atoms with Crippen LogP contribution >= 0.6 is 11.8 Å². The van der Waals surface area contributed by atoms with E-state index in [1.54, 1.807) is 11.8 Å². The second-order valence-electron chi connectivity index (χ2n) is 6.88. The van der Waals surface area contributed by atoms with Crippen LogP contribution in [0.25, 0.3) is 0 Å². The highest BCUT2D eigenvalue weighted by atomic mass is 32.2. The maximum atomic E-state index is 11.7. The Labute approximate surface area is 146 Å². The molecule has 1 N–H and O–H groups in total. The molecule has 122 valence electrons. The van der Waals surface area contributed by atoms with Crippen molar-refractivity contribution in [1.29, 1.82) is 0 Å². The number of aliphatic imine (C=N–C) groups is 1. The van der Waals surface area contributed by atoms with Gasteiger partial charge in [0.25, 0.3) is 0 Å². The fourth-order valence-electron chi connectivity index (χ4n) is 4.45. The van der Waals surface area contributed by atoms with Crippen LogP contribution in [0.4, 0.5) is 0 Å². The maximum absolute atomic E-state index is 11.7. The van der Waals surface area contributed by atoms with Crippen LogP contribution in [0.2, 0.25) is 0 Å². The van der Waals surface area contributed by atoms with Crippen molar-refractivity contribution in [2.45, 2.75) is 42.8 Å². The normalized spacial score (nSPS) is 33.7. The lowest BCUT2D eigenvalue weighted by atomic mass is 9.83. The second kappa shape index (κ2) is 5.11. The predicted molar refractivity (Wildman–Crippen MR) is 98.0 cm³/mol. The van der Waals surface area contributed by atoms with Crippen LogP contribution in [-0.4, -0.2) is 26.5 Å². The number of amidine groups is 1. The predicted octanol–water partition coefficient (Wildman–Crippen LogP) is 3.69. The Morgan fingerprint density at radius 3 is 2.71 bits per heavy atom. The molecule has 2 heterocycles. The SMILES string of the molecule is C[C@H]1SC2=N[C@H]3c4ccccc4CC[C@@H]3N2[C@]1(O)c1ccccc1. The Balaban J connectivity index is 1.62. The zero-order chi connectivity index (χ0) is 16.3. The molecule has 0 bridgehead atoms. The van der Waals surface area contributed by atoms with Gasteiger partial charge in [-0.1, -0.05) is 66.4 Å². The van der Waals surface area contributed by atoms with Crippen molar-refractivity contribution in [1.82, 2.24) is 4.90 Å². The van der Waals surface area contributed by atoms with Crippen molar-refractivity contribution in [3.05, 3.63) is 71.3 Å². The molecule has 1 aliphatic carbocycles. The Bertz CT molecular complexity index is 821. The molecule has 0 spiro atoms. The number of fused-ring (bicyclic) bond motifs is 5.